The van der Waals surface area contributed by atoms with Crippen molar-refractivity contribution in [3.8, 4) is 0 Å². The van der Waals surface area contributed by atoms with E-state index >= 15 is 4.57 Å². The summed E-state index contributed by atoms with van der Waals surface area (Å²) in [6.07, 6.45) is 15.3. The molecular formula is C40H40N2OP+. The first-order valence-corrected chi connectivity index (χ1v) is 17.6. The summed E-state index contributed by atoms with van der Waals surface area (Å²) in [5.41, 5.74) is 8.34. The van der Waals surface area contributed by atoms with E-state index in [1.807, 2.05) is 60.7 Å². The van der Waals surface area contributed by atoms with E-state index in [1.54, 1.807) is 5.57 Å². The van der Waals surface area contributed by atoms with Gasteiger partial charge >= 0.3 is 0 Å². The lowest BCUT2D eigenvalue weighted by Gasteiger charge is -2.26. The fourth-order valence-electron chi connectivity index (χ4n) is 6.93. The second kappa shape index (κ2) is 12.4. The maximum atomic E-state index is 15.4. The van der Waals surface area contributed by atoms with Gasteiger partial charge in [0.1, 0.15) is 25.0 Å². The number of aromatic nitrogens is 2. The van der Waals surface area contributed by atoms with Crippen molar-refractivity contribution < 1.29 is 9.13 Å². The van der Waals surface area contributed by atoms with E-state index in [0.717, 1.165) is 61.0 Å². The quantitative estimate of drug-likeness (QED) is 0.140. The third-order valence-electron chi connectivity index (χ3n) is 9.53. The minimum absolute atomic E-state index is 0.292. The van der Waals surface area contributed by atoms with Crippen molar-refractivity contribution in [3.63, 3.8) is 0 Å². The van der Waals surface area contributed by atoms with E-state index in [9.17, 15) is 0 Å². The first kappa shape index (κ1) is 28.6. The summed E-state index contributed by atoms with van der Waals surface area (Å²) in [6, 6.07) is 38.1. The first-order chi connectivity index (χ1) is 21.6. The number of benzene rings is 4. The first-order valence-electron chi connectivity index (χ1n) is 15.9. The highest BCUT2D eigenvalue weighted by molar-refractivity contribution is 7.85. The maximum Gasteiger partial charge on any atom is 0.244 e. The fraction of sp³-hybridized carbons (Fsp3) is 0.225. The topological polar surface area (TPSA) is 25.9 Å². The standard InChI is InChI=1S/C40H40N2OP/c1-31(34-11-5-2-6-12-34)42-26-25-41(30-42)29-37-27-32-17-21-35(37)22-18-33-20-24-36(23-19-32)40(28-33)44(43,38-13-7-3-8-14-38)39-15-9-4-10-16-39/h2-16,20,24-28,30-31H,17-19,21-23,29H2,1H3/q+1/t31-/m0/s1. The molecule has 0 aliphatic heterocycles. The molecule has 4 heteroatoms. The van der Waals surface area contributed by atoms with Crippen molar-refractivity contribution in [2.45, 2.75) is 58.0 Å². The van der Waals surface area contributed by atoms with Crippen molar-refractivity contribution in [2.24, 2.45) is 0 Å². The summed E-state index contributed by atoms with van der Waals surface area (Å²) in [5.74, 6) is 0. The number of allylic oxidation sites excluding steroid dienone is 4. The molecule has 4 aromatic carbocycles. The van der Waals surface area contributed by atoms with Crippen molar-refractivity contribution in [1.29, 1.82) is 0 Å². The van der Waals surface area contributed by atoms with E-state index in [0.29, 0.717) is 6.04 Å². The van der Waals surface area contributed by atoms with Crippen LogP contribution in [0.2, 0.25) is 0 Å². The lowest BCUT2D eigenvalue weighted by molar-refractivity contribution is -0.688. The van der Waals surface area contributed by atoms with Gasteiger partial charge < -0.3 is 4.57 Å². The number of imidazole rings is 1. The molecule has 5 aliphatic carbocycles. The minimum Gasteiger partial charge on any atom is -0.309 e. The molecule has 10 rings (SSSR count). The Morgan fingerprint density at radius 3 is 2.09 bits per heavy atom. The van der Waals surface area contributed by atoms with Crippen LogP contribution in [0.3, 0.4) is 0 Å². The molecule has 44 heavy (non-hydrogen) atoms. The summed E-state index contributed by atoms with van der Waals surface area (Å²) in [6.45, 7) is 3.16. The van der Waals surface area contributed by atoms with Crippen LogP contribution >= 0.6 is 7.14 Å². The number of hydrogen-bond donors (Lipinski definition) is 0. The predicted octanol–water partition coefficient (Wildman–Crippen LogP) is 7.62. The average Bonchev–Trinajstić information content (AvgIpc) is 3.55. The van der Waals surface area contributed by atoms with Crippen LogP contribution in [0.4, 0.5) is 0 Å². The van der Waals surface area contributed by atoms with Gasteiger partial charge in [-0.3, -0.25) is 0 Å². The van der Waals surface area contributed by atoms with Crippen LogP contribution in [0.5, 0.6) is 0 Å². The lowest BCUT2D eigenvalue weighted by atomic mass is 9.85. The number of aryl methyl sites for hydroxylation is 2. The Balaban J connectivity index is 1.21. The molecule has 220 valence electrons. The average molecular weight is 596 g/mol. The SMILES string of the molecule is C[C@@H](c1ccccc1)n1cc[n+](CC2=C3CCC(=C2)CCc2ccc(cc2P(=O)(c2ccccc2)c2ccccc2)CC3)c1. The summed E-state index contributed by atoms with van der Waals surface area (Å²) in [5, 5.41) is 2.84. The maximum absolute atomic E-state index is 15.4. The molecule has 1 aromatic heterocycles. The molecule has 0 saturated heterocycles. The molecule has 0 saturated carbocycles. The zero-order valence-corrected chi connectivity index (χ0v) is 26.4. The molecule has 0 amide bonds. The van der Waals surface area contributed by atoms with Gasteiger partial charge in [-0.25, -0.2) is 9.13 Å². The lowest BCUT2D eigenvalue weighted by Crippen LogP contribution is -2.33. The van der Waals surface area contributed by atoms with Crippen LogP contribution in [-0.2, 0) is 24.0 Å². The monoisotopic (exact) mass is 595 g/mol. The summed E-state index contributed by atoms with van der Waals surface area (Å²) in [7, 11) is -3.04. The van der Waals surface area contributed by atoms with Crippen molar-refractivity contribution in [1.82, 2.24) is 4.57 Å². The fourth-order valence-corrected chi connectivity index (χ4v) is 9.91. The molecule has 4 bridgehead atoms. The van der Waals surface area contributed by atoms with Gasteiger partial charge in [0.2, 0.25) is 6.33 Å². The van der Waals surface area contributed by atoms with Crippen molar-refractivity contribution >= 4 is 23.1 Å². The zero-order chi connectivity index (χ0) is 29.9. The smallest absolute Gasteiger partial charge is 0.244 e. The number of nitrogens with zero attached hydrogens (tertiary/aromatic N) is 2. The highest BCUT2D eigenvalue weighted by atomic mass is 31.2. The molecule has 3 nitrogen and oxygen atoms in total. The van der Waals surface area contributed by atoms with E-state index in [2.05, 4.69) is 89.4 Å². The van der Waals surface area contributed by atoms with Crippen LogP contribution in [0.1, 0.15) is 55.3 Å². The predicted molar refractivity (Wildman–Crippen MR) is 182 cm³/mol. The number of hydrogen-bond acceptors (Lipinski definition) is 1. The van der Waals surface area contributed by atoms with Crippen LogP contribution in [-0.4, -0.2) is 4.57 Å². The molecule has 0 fully saturated rings. The van der Waals surface area contributed by atoms with Gasteiger partial charge in [0.25, 0.3) is 0 Å². The summed E-state index contributed by atoms with van der Waals surface area (Å²) < 4.78 is 20.0. The van der Waals surface area contributed by atoms with Gasteiger partial charge in [-0.05, 0) is 73.8 Å². The molecule has 0 N–H and O–H groups in total. The summed E-state index contributed by atoms with van der Waals surface area (Å²) in [4.78, 5) is 0. The van der Waals surface area contributed by atoms with Gasteiger partial charge in [0.15, 0.2) is 7.14 Å². The van der Waals surface area contributed by atoms with Gasteiger partial charge in [-0.2, -0.15) is 0 Å². The Morgan fingerprint density at radius 1 is 0.750 bits per heavy atom. The molecular weight excluding hydrogens is 555 g/mol. The van der Waals surface area contributed by atoms with Crippen LogP contribution in [0.25, 0.3) is 0 Å². The Labute approximate surface area is 261 Å². The Bertz CT molecular complexity index is 1830. The van der Waals surface area contributed by atoms with Crippen LogP contribution in [0, 0.1) is 0 Å². The van der Waals surface area contributed by atoms with Crippen molar-refractivity contribution in [2.75, 3.05) is 0 Å². The molecule has 0 radical (unpaired) electrons. The minimum atomic E-state index is -3.04. The van der Waals surface area contributed by atoms with E-state index in [-0.39, 0.29) is 0 Å². The van der Waals surface area contributed by atoms with E-state index in [4.69, 9.17) is 0 Å². The molecule has 0 spiro atoms. The Hall–Kier alpha value is -4.20. The zero-order valence-electron chi connectivity index (χ0n) is 25.5. The highest BCUT2D eigenvalue weighted by Gasteiger charge is 2.32. The van der Waals surface area contributed by atoms with Gasteiger partial charge in [-0.15, -0.1) is 0 Å². The van der Waals surface area contributed by atoms with Gasteiger partial charge in [0.05, 0.1) is 0 Å². The molecule has 5 aromatic rings. The highest BCUT2D eigenvalue weighted by Crippen LogP contribution is 2.44. The number of rotatable bonds is 7. The second-order valence-electron chi connectivity index (χ2n) is 12.3. The Morgan fingerprint density at radius 2 is 1.39 bits per heavy atom. The normalized spacial score (nSPS) is 15.9. The summed E-state index contributed by atoms with van der Waals surface area (Å²) >= 11 is 0. The third kappa shape index (κ3) is 5.70. The van der Waals surface area contributed by atoms with Gasteiger partial charge in [0, 0.05) is 15.9 Å². The molecule has 0 unspecified atom stereocenters. The molecule has 1 atom stereocenters. The molecule has 1 heterocycles. The van der Waals surface area contributed by atoms with Crippen LogP contribution in [0.15, 0.2) is 151 Å². The molecule has 5 aliphatic rings. The largest absolute Gasteiger partial charge is 0.309 e. The van der Waals surface area contributed by atoms with Gasteiger partial charge in [-0.1, -0.05) is 120 Å². The van der Waals surface area contributed by atoms with Crippen LogP contribution < -0.4 is 20.5 Å². The third-order valence-corrected chi connectivity index (χ3v) is 12.7. The van der Waals surface area contributed by atoms with Crippen molar-refractivity contribution in [3.05, 3.63) is 167 Å². The van der Waals surface area contributed by atoms with E-state index < -0.39 is 7.14 Å². The second-order valence-corrected chi connectivity index (χ2v) is 15.0. The Kier molecular flexibility index (Phi) is 8.07. The van der Waals surface area contributed by atoms with E-state index in [1.165, 1.54) is 27.8 Å².